The second-order valence-corrected chi connectivity index (χ2v) is 15.5. The number of aryl methyl sites for hydroxylation is 1. The zero-order valence-corrected chi connectivity index (χ0v) is 24.1. The van der Waals surface area contributed by atoms with E-state index in [1.807, 2.05) is 0 Å². The van der Waals surface area contributed by atoms with Crippen molar-refractivity contribution in [2.24, 2.45) is 5.92 Å². The van der Waals surface area contributed by atoms with Gasteiger partial charge in [-0.3, -0.25) is 4.79 Å². The number of carbonyl (C=O) groups excluding carboxylic acids is 1. The fourth-order valence-electron chi connectivity index (χ4n) is 5.46. The zero-order valence-electron chi connectivity index (χ0n) is 23.1. The van der Waals surface area contributed by atoms with Crippen molar-refractivity contribution in [3.63, 3.8) is 0 Å². The molecule has 1 aromatic heterocycles. The maximum Gasteiger partial charge on any atom is 0.291 e. The van der Waals surface area contributed by atoms with Gasteiger partial charge in [0, 0.05) is 18.2 Å². The summed E-state index contributed by atoms with van der Waals surface area (Å²) in [5.41, 5.74) is 3.49. The van der Waals surface area contributed by atoms with E-state index in [9.17, 15) is 4.79 Å². The Balaban J connectivity index is 1.58. The predicted molar refractivity (Wildman–Crippen MR) is 148 cm³/mol. The van der Waals surface area contributed by atoms with Crippen LogP contribution in [0.4, 0.5) is 5.69 Å². The highest BCUT2D eigenvalue weighted by Gasteiger charge is 2.46. The van der Waals surface area contributed by atoms with Gasteiger partial charge >= 0.3 is 0 Å². The number of carbonyl (C=O) groups is 1. The maximum atomic E-state index is 13.0. The standard InChI is InChI=1S/C29H37NO6Si/c1-16(2)27-18(4)37(8,9)25-12-17(3)22(15-20(25)27)36-26-11-10-21(35-26)29(31)30-28-23(33-6)13-19(32-5)14-24(28)34-7/h10-16,18,27H,1-9H3,(H,30,31). The summed E-state index contributed by atoms with van der Waals surface area (Å²) in [6.45, 7) is 14.0. The second kappa shape index (κ2) is 10.2. The Kier molecular flexibility index (Phi) is 7.33. The summed E-state index contributed by atoms with van der Waals surface area (Å²) in [4.78, 5) is 13.0. The van der Waals surface area contributed by atoms with E-state index >= 15 is 0 Å². The minimum absolute atomic E-state index is 0.107. The summed E-state index contributed by atoms with van der Waals surface area (Å²) in [7, 11) is 3.00. The van der Waals surface area contributed by atoms with Gasteiger partial charge in [-0.05, 0) is 47.6 Å². The van der Waals surface area contributed by atoms with Crippen molar-refractivity contribution in [3.8, 4) is 28.9 Å². The molecule has 0 aliphatic carbocycles. The van der Waals surface area contributed by atoms with Gasteiger partial charge in [0.05, 0.1) is 29.4 Å². The Morgan fingerprint density at radius 3 is 2.19 bits per heavy atom. The van der Waals surface area contributed by atoms with Gasteiger partial charge in [-0.25, -0.2) is 0 Å². The van der Waals surface area contributed by atoms with Gasteiger partial charge in [0.15, 0.2) is 5.76 Å². The molecule has 37 heavy (non-hydrogen) atoms. The van der Waals surface area contributed by atoms with Crippen LogP contribution in [-0.4, -0.2) is 35.3 Å². The molecule has 2 aromatic carbocycles. The van der Waals surface area contributed by atoms with Crippen molar-refractivity contribution >= 4 is 24.9 Å². The quantitative estimate of drug-likeness (QED) is 0.330. The van der Waals surface area contributed by atoms with Gasteiger partial charge < -0.3 is 28.7 Å². The molecule has 0 bridgehead atoms. The predicted octanol–water partition coefficient (Wildman–Crippen LogP) is 6.72. The highest BCUT2D eigenvalue weighted by Crippen LogP contribution is 2.48. The Morgan fingerprint density at radius 2 is 1.62 bits per heavy atom. The fourth-order valence-corrected chi connectivity index (χ4v) is 8.98. The Bertz CT molecular complexity index is 1290. The molecule has 2 heterocycles. The average Bonchev–Trinajstić information content (AvgIpc) is 3.40. The number of hydrogen-bond donors (Lipinski definition) is 1. The van der Waals surface area contributed by atoms with E-state index in [0.29, 0.717) is 40.3 Å². The fraction of sp³-hybridized carbons (Fsp3) is 0.414. The van der Waals surface area contributed by atoms with E-state index < -0.39 is 14.0 Å². The van der Waals surface area contributed by atoms with Crippen LogP contribution in [0.3, 0.4) is 0 Å². The number of rotatable bonds is 8. The molecule has 4 rings (SSSR count). The molecule has 0 saturated carbocycles. The van der Waals surface area contributed by atoms with E-state index in [0.717, 1.165) is 11.3 Å². The van der Waals surface area contributed by atoms with Gasteiger partial charge in [-0.2, -0.15) is 0 Å². The van der Waals surface area contributed by atoms with Crippen LogP contribution in [0.5, 0.6) is 28.9 Å². The van der Waals surface area contributed by atoms with Crippen molar-refractivity contribution in [1.82, 2.24) is 0 Å². The van der Waals surface area contributed by atoms with E-state index in [4.69, 9.17) is 23.4 Å². The summed E-state index contributed by atoms with van der Waals surface area (Å²) in [5.74, 6) is 3.07. The molecular weight excluding hydrogens is 486 g/mol. The summed E-state index contributed by atoms with van der Waals surface area (Å²) in [5, 5.41) is 4.33. The Hall–Kier alpha value is -3.39. The molecule has 8 heteroatoms. The molecule has 1 amide bonds. The number of fused-ring (bicyclic) bond motifs is 1. The van der Waals surface area contributed by atoms with Crippen molar-refractivity contribution in [2.45, 2.75) is 52.2 Å². The molecule has 0 fully saturated rings. The first-order valence-electron chi connectivity index (χ1n) is 12.6. The van der Waals surface area contributed by atoms with Gasteiger partial charge in [-0.15, -0.1) is 0 Å². The number of anilines is 1. The number of furan rings is 1. The monoisotopic (exact) mass is 523 g/mol. The summed E-state index contributed by atoms with van der Waals surface area (Å²) in [6.07, 6.45) is 0. The number of ether oxygens (including phenoxy) is 4. The molecule has 0 saturated heterocycles. The average molecular weight is 524 g/mol. The molecule has 2 atom stereocenters. The van der Waals surface area contributed by atoms with Crippen molar-refractivity contribution in [1.29, 1.82) is 0 Å². The number of amides is 1. The van der Waals surface area contributed by atoms with Crippen LogP contribution < -0.4 is 29.5 Å². The third-order valence-corrected chi connectivity index (χ3v) is 12.2. The zero-order chi connectivity index (χ0) is 27.1. The van der Waals surface area contributed by atoms with E-state index in [-0.39, 0.29) is 11.7 Å². The van der Waals surface area contributed by atoms with Gasteiger partial charge in [0.25, 0.3) is 11.9 Å². The largest absolute Gasteiger partial charge is 0.496 e. The summed E-state index contributed by atoms with van der Waals surface area (Å²) < 4.78 is 28.1. The van der Waals surface area contributed by atoms with E-state index in [1.54, 1.807) is 31.4 Å². The minimum Gasteiger partial charge on any atom is -0.496 e. The Labute approximate surface area is 220 Å². The highest BCUT2D eigenvalue weighted by molar-refractivity contribution is 6.92. The first-order chi connectivity index (χ1) is 17.5. The van der Waals surface area contributed by atoms with Crippen LogP contribution in [0.15, 0.2) is 40.8 Å². The first kappa shape index (κ1) is 26.7. The normalized spacial score (nSPS) is 17.9. The van der Waals surface area contributed by atoms with Gasteiger partial charge in [-0.1, -0.05) is 45.1 Å². The first-order valence-corrected chi connectivity index (χ1v) is 15.6. The SMILES string of the molecule is COc1cc(OC)c(NC(=O)c2ccc(Oc3cc4c(cc3C)[Si](C)(C)C(C)C4C(C)C)o2)c(OC)c1. The van der Waals surface area contributed by atoms with Crippen molar-refractivity contribution in [3.05, 3.63) is 53.3 Å². The minimum atomic E-state index is -1.57. The van der Waals surface area contributed by atoms with Crippen LogP contribution in [-0.2, 0) is 0 Å². The smallest absolute Gasteiger partial charge is 0.291 e. The third kappa shape index (κ3) is 4.82. The molecule has 2 unspecified atom stereocenters. The summed E-state index contributed by atoms with van der Waals surface area (Å²) >= 11 is 0. The maximum absolute atomic E-state index is 13.0. The molecule has 3 aromatic rings. The lowest BCUT2D eigenvalue weighted by atomic mass is 9.86. The summed E-state index contributed by atoms with van der Waals surface area (Å²) in [6, 6.07) is 11.1. The van der Waals surface area contributed by atoms with Crippen LogP contribution in [0.25, 0.3) is 0 Å². The highest BCUT2D eigenvalue weighted by atomic mass is 28.3. The Morgan fingerprint density at radius 1 is 0.973 bits per heavy atom. The lowest BCUT2D eigenvalue weighted by molar-refractivity contribution is 0.0991. The number of benzene rings is 2. The van der Waals surface area contributed by atoms with Crippen LogP contribution in [0.2, 0.25) is 18.6 Å². The molecule has 1 N–H and O–H groups in total. The van der Waals surface area contributed by atoms with Crippen molar-refractivity contribution in [2.75, 3.05) is 26.6 Å². The van der Waals surface area contributed by atoms with Crippen LogP contribution in [0, 0.1) is 12.8 Å². The molecule has 7 nitrogen and oxygen atoms in total. The second-order valence-electron chi connectivity index (χ2n) is 10.6. The van der Waals surface area contributed by atoms with E-state index in [1.165, 1.54) is 25.0 Å². The van der Waals surface area contributed by atoms with Crippen molar-refractivity contribution < 1.29 is 28.2 Å². The number of nitrogens with one attached hydrogen (secondary N) is 1. The topological polar surface area (TPSA) is 79.2 Å². The van der Waals surface area contributed by atoms with E-state index in [2.05, 4.69) is 58.2 Å². The lowest BCUT2D eigenvalue weighted by Gasteiger charge is -2.28. The number of methoxy groups -OCH3 is 3. The third-order valence-electron chi connectivity index (χ3n) is 7.76. The molecule has 1 aliphatic rings. The van der Waals surface area contributed by atoms with Crippen LogP contribution >= 0.6 is 0 Å². The van der Waals surface area contributed by atoms with Gasteiger partial charge in [0.1, 0.15) is 28.7 Å². The van der Waals surface area contributed by atoms with Gasteiger partial charge in [0.2, 0.25) is 0 Å². The number of hydrogen-bond acceptors (Lipinski definition) is 6. The molecule has 0 radical (unpaired) electrons. The molecule has 0 spiro atoms. The molecular formula is C29H37NO6Si. The molecule has 1 aliphatic heterocycles. The molecule has 198 valence electrons. The lowest BCUT2D eigenvalue weighted by Crippen LogP contribution is -2.41. The van der Waals surface area contributed by atoms with Crippen LogP contribution in [0.1, 0.15) is 48.4 Å².